The summed E-state index contributed by atoms with van der Waals surface area (Å²) in [6, 6.07) is 10.6. The van der Waals surface area contributed by atoms with E-state index in [0.29, 0.717) is 38.0 Å². The third kappa shape index (κ3) is 9.89. The molecule has 1 fully saturated rings. The van der Waals surface area contributed by atoms with E-state index in [9.17, 15) is 23.5 Å². The van der Waals surface area contributed by atoms with Gasteiger partial charge in [-0.3, -0.25) is 9.59 Å². The molecular weight excluding hydrogens is 524 g/mol. The number of halogens is 2. The number of aliphatic hydroxyl groups is 1. The first-order valence-electron chi connectivity index (χ1n) is 15.3. The lowest BCUT2D eigenvalue weighted by Gasteiger charge is -2.35. The van der Waals surface area contributed by atoms with E-state index < -0.39 is 35.6 Å². The van der Waals surface area contributed by atoms with E-state index in [1.165, 1.54) is 17.7 Å². The molecule has 6 nitrogen and oxygen atoms in total. The van der Waals surface area contributed by atoms with E-state index in [4.69, 9.17) is 0 Å². The van der Waals surface area contributed by atoms with Gasteiger partial charge in [-0.1, -0.05) is 57.9 Å². The molecule has 2 aromatic carbocycles. The summed E-state index contributed by atoms with van der Waals surface area (Å²) >= 11 is 0. The molecule has 0 aromatic heterocycles. The molecule has 3 rings (SSSR count). The number of carbonyl (C=O) groups is 2. The Morgan fingerprint density at radius 2 is 1.56 bits per heavy atom. The minimum atomic E-state index is -1.02. The lowest BCUT2D eigenvalue weighted by molar-refractivity contribution is -0.144. The molecule has 0 heterocycles. The minimum absolute atomic E-state index is 0.0221. The van der Waals surface area contributed by atoms with Crippen molar-refractivity contribution in [3.8, 4) is 0 Å². The second-order valence-corrected chi connectivity index (χ2v) is 11.3. The van der Waals surface area contributed by atoms with Gasteiger partial charge in [0.25, 0.3) is 0 Å². The van der Waals surface area contributed by atoms with Crippen molar-refractivity contribution in [1.82, 2.24) is 15.5 Å². The van der Waals surface area contributed by atoms with Gasteiger partial charge in [-0.25, -0.2) is 8.78 Å². The lowest BCUT2D eigenvalue weighted by Crippen LogP contribution is -2.53. The van der Waals surface area contributed by atoms with Gasteiger partial charge < -0.3 is 20.6 Å². The smallest absolute Gasteiger partial charge is 0.226 e. The Kier molecular flexibility index (Phi) is 13.2. The highest BCUT2D eigenvalue weighted by molar-refractivity contribution is 5.88. The highest BCUT2D eigenvalue weighted by Gasteiger charge is 2.38. The molecule has 1 aliphatic rings. The van der Waals surface area contributed by atoms with Crippen molar-refractivity contribution in [2.75, 3.05) is 19.6 Å². The molecule has 226 valence electrons. The first-order valence-corrected chi connectivity index (χ1v) is 15.3. The normalized spacial score (nSPS) is 18.5. The third-order valence-corrected chi connectivity index (χ3v) is 7.97. The summed E-state index contributed by atoms with van der Waals surface area (Å²) in [4.78, 5) is 29.1. The highest BCUT2D eigenvalue weighted by atomic mass is 19.1. The largest absolute Gasteiger partial charge is 0.390 e. The number of hydrogen-bond acceptors (Lipinski definition) is 4. The fourth-order valence-electron chi connectivity index (χ4n) is 5.87. The van der Waals surface area contributed by atoms with E-state index in [0.717, 1.165) is 43.7 Å². The zero-order valence-electron chi connectivity index (χ0n) is 24.8. The topological polar surface area (TPSA) is 81.7 Å². The Morgan fingerprint density at radius 1 is 0.927 bits per heavy atom. The third-order valence-electron chi connectivity index (χ3n) is 7.97. The van der Waals surface area contributed by atoms with Crippen molar-refractivity contribution in [2.24, 2.45) is 11.8 Å². The summed E-state index contributed by atoms with van der Waals surface area (Å²) in [5, 5.41) is 17.4. The molecule has 4 atom stereocenters. The van der Waals surface area contributed by atoms with Crippen LogP contribution in [0.2, 0.25) is 0 Å². The van der Waals surface area contributed by atoms with Crippen molar-refractivity contribution in [3.63, 3.8) is 0 Å². The number of nitrogens with one attached hydrogen (secondary N) is 2. The van der Waals surface area contributed by atoms with E-state index in [-0.39, 0.29) is 24.8 Å². The second kappa shape index (κ2) is 16.6. The Labute approximate surface area is 243 Å². The molecule has 2 amide bonds. The maximum atomic E-state index is 14.0. The quantitative estimate of drug-likeness (QED) is 0.276. The first kappa shape index (κ1) is 32.7. The predicted molar refractivity (Wildman–Crippen MR) is 158 cm³/mol. The van der Waals surface area contributed by atoms with Crippen LogP contribution in [0.4, 0.5) is 8.78 Å². The molecule has 8 heteroatoms. The zero-order chi connectivity index (χ0) is 29.8. The predicted octanol–water partition coefficient (Wildman–Crippen LogP) is 5.16. The number of carbonyl (C=O) groups excluding carboxylic acids is 2. The average molecular weight is 572 g/mol. The fourth-order valence-corrected chi connectivity index (χ4v) is 5.87. The SMILES string of the molecule is CCCN(CCC)C(=O)C1CCCCC1C(=O)N[C@H](Cc1cc(F)cc(F)c1)[C@@H](O)CNCc1cccc(CC)c1. The molecule has 2 unspecified atom stereocenters. The van der Waals surface area contributed by atoms with Crippen LogP contribution in [-0.4, -0.2) is 53.6 Å². The van der Waals surface area contributed by atoms with E-state index in [1.54, 1.807) is 0 Å². The summed E-state index contributed by atoms with van der Waals surface area (Å²) in [5.41, 5.74) is 2.64. The van der Waals surface area contributed by atoms with Gasteiger partial charge in [0.05, 0.1) is 12.1 Å². The number of aryl methyl sites for hydroxylation is 1. The maximum absolute atomic E-state index is 14.0. The summed E-state index contributed by atoms with van der Waals surface area (Å²) < 4.78 is 28.0. The monoisotopic (exact) mass is 571 g/mol. The van der Waals surface area contributed by atoms with Gasteiger partial charge in [-0.05, 0) is 67.3 Å². The van der Waals surface area contributed by atoms with Crippen molar-refractivity contribution in [1.29, 1.82) is 0 Å². The molecule has 1 aliphatic carbocycles. The van der Waals surface area contributed by atoms with E-state index >= 15 is 0 Å². The average Bonchev–Trinajstić information content (AvgIpc) is 2.95. The minimum Gasteiger partial charge on any atom is -0.390 e. The Morgan fingerprint density at radius 3 is 2.20 bits per heavy atom. The van der Waals surface area contributed by atoms with Crippen LogP contribution in [0, 0.1) is 23.5 Å². The van der Waals surface area contributed by atoms with Crippen molar-refractivity contribution in [2.45, 2.75) is 90.8 Å². The van der Waals surface area contributed by atoms with E-state index in [1.807, 2.05) is 30.9 Å². The molecule has 0 aliphatic heterocycles. The van der Waals surface area contributed by atoms with Crippen LogP contribution in [-0.2, 0) is 29.0 Å². The Bertz CT molecular complexity index is 1100. The number of amides is 2. The van der Waals surface area contributed by atoms with Crippen molar-refractivity contribution < 1.29 is 23.5 Å². The summed E-state index contributed by atoms with van der Waals surface area (Å²) in [7, 11) is 0. The number of nitrogens with zero attached hydrogens (tertiary/aromatic N) is 1. The Hall–Kier alpha value is -2.84. The number of hydrogen-bond donors (Lipinski definition) is 3. The fraction of sp³-hybridized carbons (Fsp3) is 0.576. The standard InChI is InChI=1S/C33H47F2N3O3/c1-4-14-38(15-5-2)33(41)29-13-8-7-12-28(29)32(40)37-30(19-25-17-26(34)20-27(35)18-25)31(39)22-36-21-24-11-9-10-23(6-3)16-24/h9-11,16-18,20,28-31,36,39H,4-8,12-15,19,21-22H2,1-3H3,(H,37,40)/t28?,29?,30-,31+/m1/s1. The van der Waals surface area contributed by atoms with Crippen LogP contribution in [0.25, 0.3) is 0 Å². The molecule has 1 saturated carbocycles. The molecule has 2 aromatic rings. The van der Waals surface area contributed by atoms with Gasteiger partial charge in [-0.15, -0.1) is 0 Å². The van der Waals surface area contributed by atoms with Crippen LogP contribution >= 0.6 is 0 Å². The molecule has 41 heavy (non-hydrogen) atoms. The van der Waals surface area contributed by atoms with Crippen molar-refractivity contribution >= 4 is 11.8 Å². The van der Waals surface area contributed by atoms with Gasteiger partial charge in [-0.2, -0.15) is 0 Å². The summed E-state index contributed by atoms with van der Waals surface area (Å²) in [5.74, 6) is -2.59. The van der Waals surface area contributed by atoms with Gasteiger partial charge >= 0.3 is 0 Å². The molecule has 0 radical (unpaired) electrons. The van der Waals surface area contributed by atoms with Crippen LogP contribution in [0.15, 0.2) is 42.5 Å². The van der Waals surface area contributed by atoms with Crippen LogP contribution < -0.4 is 10.6 Å². The highest BCUT2D eigenvalue weighted by Crippen LogP contribution is 2.32. The molecule has 3 N–H and O–H groups in total. The van der Waals surface area contributed by atoms with Crippen molar-refractivity contribution in [3.05, 3.63) is 70.8 Å². The van der Waals surface area contributed by atoms with Gasteiger partial charge in [0.2, 0.25) is 11.8 Å². The van der Waals surface area contributed by atoms with Crippen LogP contribution in [0.3, 0.4) is 0 Å². The van der Waals surface area contributed by atoms with Crippen LogP contribution in [0.1, 0.15) is 76.0 Å². The summed E-state index contributed by atoms with van der Waals surface area (Å²) in [6.07, 6.45) is 4.65. The van der Waals surface area contributed by atoms with Crippen LogP contribution in [0.5, 0.6) is 0 Å². The van der Waals surface area contributed by atoms with Gasteiger partial charge in [0.15, 0.2) is 0 Å². The zero-order valence-corrected chi connectivity index (χ0v) is 24.8. The number of rotatable bonds is 15. The molecule has 0 bridgehead atoms. The van der Waals surface area contributed by atoms with Gasteiger partial charge in [0.1, 0.15) is 11.6 Å². The number of benzene rings is 2. The maximum Gasteiger partial charge on any atom is 0.226 e. The molecule has 0 spiro atoms. The molecular formula is C33H47F2N3O3. The lowest BCUT2D eigenvalue weighted by atomic mass is 9.77. The molecule has 0 saturated heterocycles. The first-order chi connectivity index (χ1) is 19.7. The number of aliphatic hydroxyl groups excluding tert-OH is 1. The Balaban J connectivity index is 1.75. The summed E-state index contributed by atoms with van der Waals surface area (Å²) in [6.45, 7) is 8.20. The van der Waals surface area contributed by atoms with E-state index in [2.05, 4.69) is 29.7 Å². The van der Waals surface area contributed by atoms with Gasteiger partial charge in [0, 0.05) is 44.1 Å². The second-order valence-electron chi connectivity index (χ2n) is 11.3.